The first-order valence-electron chi connectivity index (χ1n) is 3.59. The molecule has 0 aliphatic rings. The Bertz CT molecular complexity index is 399. The maximum Gasteiger partial charge on any atom is 0.328 e. The van der Waals surface area contributed by atoms with E-state index in [2.05, 4.69) is 0 Å². The molecule has 0 amide bonds. The average Bonchev–Trinajstić information content (AvgIpc) is 2.08. The zero-order valence-electron chi connectivity index (χ0n) is 6.87. The van der Waals surface area contributed by atoms with Gasteiger partial charge in [-0.15, -0.1) is 0 Å². The molecule has 2 N–H and O–H groups in total. The number of carbonyl (C=O) groups is 1. The van der Waals surface area contributed by atoms with E-state index < -0.39 is 23.4 Å². The molecule has 1 aromatic rings. The van der Waals surface area contributed by atoms with Crippen LogP contribution in [-0.2, 0) is 4.79 Å². The fourth-order valence-corrected chi connectivity index (χ4v) is 0.878. The highest BCUT2D eigenvalue weighted by Crippen LogP contribution is 2.21. The van der Waals surface area contributed by atoms with Gasteiger partial charge in [0.25, 0.3) is 0 Å². The van der Waals surface area contributed by atoms with Crippen LogP contribution in [0.1, 0.15) is 5.56 Å². The summed E-state index contributed by atoms with van der Waals surface area (Å²) < 4.78 is 25.6. The van der Waals surface area contributed by atoms with Crippen molar-refractivity contribution in [2.24, 2.45) is 0 Å². The molecule has 74 valence electrons. The number of carboxylic acid groups (broad SMARTS) is 1. The minimum Gasteiger partial charge on any atom is -0.505 e. The quantitative estimate of drug-likeness (QED) is 0.715. The van der Waals surface area contributed by atoms with Crippen LogP contribution in [0.25, 0.3) is 6.08 Å². The number of halogens is 2. The van der Waals surface area contributed by atoms with Gasteiger partial charge < -0.3 is 10.2 Å². The summed E-state index contributed by atoms with van der Waals surface area (Å²) in [5.74, 6) is -4.03. The van der Waals surface area contributed by atoms with Gasteiger partial charge in [-0.2, -0.15) is 0 Å². The predicted molar refractivity (Wildman–Crippen MR) is 44.7 cm³/mol. The van der Waals surface area contributed by atoms with Crippen LogP contribution in [-0.4, -0.2) is 16.2 Å². The molecule has 5 heteroatoms. The molecule has 0 atom stereocenters. The first kappa shape index (κ1) is 10.2. The summed E-state index contributed by atoms with van der Waals surface area (Å²) in [6.45, 7) is 0. The monoisotopic (exact) mass is 200 g/mol. The Kier molecular flexibility index (Phi) is 2.81. The van der Waals surface area contributed by atoms with Gasteiger partial charge in [-0.25, -0.2) is 13.6 Å². The van der Waals surface area contributed by atoms with Gasteiger partial charge in [-0.1, -0.05) is 0 Å². The largest absolute Gasteiger partial charge is 0.505 e. The Labute approximate surface area is 77.9 Å². The SMILES string of the molecule is O=C(O)/C=C/c1cc(F)cc(O)c1F. The number of benzene rings is 1. The maximum atomic E-state index is 13.0. The summed E-state index contributed by atoms with van der Waals surface area (Å²) in [6.07, 6.45) is 1.51. The summed E-state index contributed by atoms with van der Waals surface area (Å²) >= 11 is 0. The van der Waals surface area contributed by atoms with Crippen molar-refractivity contribution in [3.8, 4) is 5.75 Å². The summed E-state index contributed by atoms with van der Waals surface area (Å²) in [5, 5.41) is 17.1. The molecule has 0 saturated heterocycles. The molecule has 0 aliphatic carbocycles. The Morgan fingerprint density at radius 1 is 1.36 bits per heavy atom. The molecule has 0 spiro atoms. The van der Waals surface area contributed by atoms with Crippen LogP contribution in [0.2, 0.25) is 0 Å². The average molecular weight is 200 g/mol. The number of phenols is 1. The zero-order chi connectivity index (χ0) is 10.7. The van der Waals surface area contributed by atoms with Gasteiger partial charge >= 0.3 is 5.97 Å². The van der Waals surface area contributed by atoms with Crippen LogP contribution >= 0.6 is 0 Å². The topological polar surface area (TPSA) is 57.5 Å². The first-order valence-corrected chi connectivity index (χ1v) is 3.59. The Balaban J connectivity index is 3.14. The third-order valence-electron chi connectivity index (χ3n) is 1.45. The first-order chi connectivity index (χ1) is 6.50. The van der Waals surface area contributed by atoms with Crippen molar-refractivity contribution in [1.29, 1.82) is 0 Å². The molecule has 0 bridgehead atoms. The van der Waals surface area contributed by atoms with Gasteiger partial charge in [0.1, 0.15) is 5.82 Å². The van der Waals surface area contributed by atoms with E-state index in [1.165, 1.54) is 0 Å². The molecule has 1 aromatic carbocycles. The van der Waals surface area contributed by atoms with Crippen molar-refractivity contribution in [2.75, 3.05) is 0 Å². The van der Waals surface area contributed by atoms with E-state index in [-0.39, 0.29) is 5.56 Å². The molecule has 0 radical (unpaired) electrons. The molecule has 0 fully saturated rings. The van der Waals surface area contributed by atoms with Gasteiger partial charge in [-0.05, 0) is 12.1 Å². The van der Waals surface area contributed by atoms with Gasteiger partial charge in [0.2, 0.25) is 0 Å². The van der Waals surface area contributed by atoms with E-state index in [1.807, 2.05) is 0 Å². The van der Waals surface area contributed by atoms with Crippen molar-refractivity contribution in [2.45, 2.75) is 0 Å². The number of aliphatic carboxylic acids is 1. The van der Waals surface area contributed by atoms with Crippen LogP contribution < -0.4 is 0 Å². The van der Waals surface area contributed by atoms with E-state index in [9.17, 15) is 13.6 Å². The molecule has 0 unspecified atom stereocenters. The second-order valence-electron chi connectivity index (χ2n) is 2.50. The third kappa shape index (κ3) is 2.29. The molecule has 0 aliphatic heterocycles. The molecule has 3 nitrogen and oxygen atoms in total. The fourth-order valence-electron chi connectivity index (χ4n) is 0.878. The second-order valence-corrected chi connectivity index (χ2v) is 2.50. The van der Waals surface area contributed by atoms with E-state index in [0.29, 0.717) is 12.1 Å². The zero-order valence-corrected chi connectivity index (χ0v) is 6.87. The summed E-state index contributed by atoms with van der Waals surface area (Å²) in [4.78, 5) is 10.1. The number of rotatable bonds is 2. The third-order valence-corrected chi connectivity index (χ3v) is 1.45. The Morgan fingerprint density at radius 2 is 2.00 bits per heavy atom. The van der Waals surface area contributed by atoms with Crippen molar-refractivity contribution >= 4 is 12.0 Å². The lowest BCUT2D eigenvalue weighted by Crippen LogP contribution is -1.89. The van der Waals surface area contributed by atoms with Crippen molar-refractivity contribution in [3.63, 3.8) is 0 Å². The second kappa shape index (κ2) is 3.87. The van der Waals surface area contributed by atoms with Crippen LogP contribution in [0.4, 0.5) is 8.78 Å². The Morgan fingerprint density at radius 3 is 2.57 bits per heavy atom. The highest BCUT2D eigenvalue weighted by atomic mass is 19.1. The smallest absolute Gasteiger partial charge is 0.328 e. The van der Waals surface area contributed by atoms with Gasteiger partial charge in [0, 0.05) is 17.7 Å². The van der Waals surface area contributed by atoms with Crippen molar-refractivity contribution < 1.29 is 23.8 Å². The number of phenolic OH excluding ortho intramolecular Hbond substituents is 1. The summed E-state index contributed by atoms with van der Waals surface area (Å²) in [7, 11) is 0. The van der Waals surface area contributed by atoms with Crippen LogP contribution in [0.15, 0.2) is 18.2 Å². The standard InChI is InChI=1S/C9H6F2O3/c10-6-3-5(1-2-8(13)14)9(11)7(12)4-6/h1-4,12H,(H,13,14)/b2-1+. The van der Waals surface area contributed by atoms with E-state index in [1.54, 1.807) is 0 Å². The minimum absolute atomic E-state index is 0.315. The highest BCUT2D eigenvalue weighted by Gasteiger charge is 2.07. The van der Waals surface area contributed by atoms with Crippen LogP contribution in [0.5, 0.6) is 5.75 Å². The molecule has 0 aromatic heterocycles. The number of carboxylic acids is 1. The molecule has 14 heavy (non-hydrogen) atoms. The minimum atomic E-state index is -1.28. The van der Waals surface area contributed by atoms with Gasteiger partial charge in [0.05, 0.1) is 0 Å². The van der Waals surface area contributed by atoms with Crippen LogP contribution in [0, 0.1) is 11.6 Å². The molecular weight excluding hydrogens is 194 g/mol. The molecule has 0 saturated carbocycles. The summed E-state index contributed by atoms with van der Waals surface area (Å²) in [5.41, 5.74) is -0.315. The van der Waals surface area contributed by atoms with Gasteiger partial charge in [-0.3, -0.25) is 0 Å². The van der Waals surface area contributed by atoms with Crippen LogP contribution in [0.3, 0.4) is 0 Å². The van der Waals surface area contributed by atoms with Gasteiger partial charge in [0.15, 0.2) is 11.6 Å². The van der Waals surface area contributed by atoms with Crippen molar-refractivity contribution in [1.82, 2.24) is 0 Å². The fraction of sp³-hybridized carbons (Fsp3) is 0. The van der Waals surface area contributed by atoms with E-state index in [0.717, 1.165) is 12.1 Å². The van der Waals surface area contributed by atoms with Crippen molar-refractivity contribution in [3.05, 3.63) is 35.4 Å². The number of hydrogen-bond acceptors (Lipinski definition) is 2. The lowest BCUT2D eigenvalue weighted by molar-refractivity contribution is -0.131. The molecular formula is C9H6F2O3. The number of aromatic hydroxyl groups is 1. The number of hydrogen-bond donors (Lipinski definition) is 2. The maximum absolute atomic E-state index is 13.0. The lowest BCUT2D eigenvalue weighted by atomic mass is 10.2. The predicted octanol–water partition coefficient (Wildman–Crippen LogP) is 1.77. The molecule has 1 rings (SSSR count). The highest BCUT2D eigenvalue weighted by molar-refractivity contribution is 5.85. The summed E-state index contributed by atoms with van der Waals surface area (Å²) in [6, 6.07) is 1.39. The van der Waals surface area contributed by atoms with E-state index in [4.69, 9.17) is 10.2 Å². The normalized spacial score (nSPS) is 10.7. The Hall–Kier alpha value is -1.91. The lowest BCUT2D eigenvalue weighted by Gasteiger charge is -1.99. The van der Waals surface area contributed by atoms with E-state index >= 15 is 0 Å². The molecule has 0 heterocycles.